The van der Waals surface area contributed by atoms with E-state index in [1.54, 1.807) is 12.1 Å². The van der Waals surface area contributed by atoms with Crippen LogP contribution in [0.3, 0.4) is 0 Å². The van der Waals surface area contributed by atoms with E-state index in [2.05, 4.69) is 41.8 Å². The molecule has 0 spiro atoms. The number of fused-ring (bicyclic) bond motifs is 1. The van der Waals surface area contributed by atoms with Gasteiger partial charge in [0.15, 0.2) is 0 Å². The molecule has 268 valence electrons. The normalized spacial score (nSPS) is 16.0. The second kappa shape index (κ2) is 17.0. The Morgan fingerprint density at radius 2 is 1.24 bits per heavy atom. The van der Waals surface area contributed by atoms with Gasteiger partial charge >= 0.3 is 0 Å². The molecule has 50 heavy (non-hydrogen) atoms. The van der Waals surface area contributed by atoms with Gasteiger partial charge in [-0.05, 0) is 42.8 Å². The molecule has 0 aliphatic carbocycles. The van der Waals surface area contributed by atoms with Crippen molar-refractivity contribution in [1.29, 1.82) is 0 Å². The molecule has 0 unspecified atom stereocenters. The Balaban J connectivity index is 1.18. The van der Waals surface area contributed by atoms with Crippen molar-refractivity contribution in [2.45, 2.75) is 58.5 Å². The average Bonchev–Trinajstić information content (AvgIpc) is 3.41. The summed E-state index contributed by atoms with van der Waals surface area (Å²) in [6, 6.07) is 11.3. The molecule has 14 heteroatoms. The third kappa shape index (κ3) is 9.46. The molecule has 2 aliphatic heterocycles. The number of benzene rings is 2. The van der Waals surface area contributed by atoms with Gasteiger partial charge in [-0.15, -0.1) is 0 Å². The van der Waals surface area contributed by atoms with E-state index < -0.39 is 0 Å². The lowest BCUT2D eigenvalue weighted by molar-refractivity contribution is -0.116. The van der Waals surface area contributed by atoms with E-state index in [1.165, 1.54) is 6.42 Å². The summed E-state index contributed by atoms with van der Waals surface area (Å²) in [5.74, 6) is 0.0247. The van der Waals surface area contributed by atoms with Crippen molar-refractivity contribution in [3.63, 3.8) is 0 Å². The minimum Gasteiger partial charge on any atom is -0.369 e. The zero-order valence-electron chi connectivity index (χ0n) is 28.3. The first-order valence-electron chi connectivity index (χ1n) is 17.5. The van der Waals surface area contributed by atoms with Gasteiger partial charge < -0.3 is 14.8 Å². The Hall–Kier alpha value is -2.99. The van der Waals surface area contributed by atoms with Gasteiger partial charge in [-0.1, -0.05) is 79.0 Å². The molecule has 0 saturated carbocycles. The number of hydrogen-bond acceptors (Lipinski definition) is 7. The van der Waals surface area contributed by atoms with Gasteiger partial charge in [-0.3, -0.25) is 29.7 Å². The van der Waals surface area contributed by atoms with Gasteiger partial charge in [0, 0.05) is 115 Å². The first kappa shape index (κ1) is 36.8. The number of nitrogens with one attached hydrogen (secondary N) is 3. The fourth-order valence-electron chi connectivity index (χ4n) is 6.88. The van der Waals surface area contributed by atoms with Gasteiger partial charge in [-0.2, -0.15) is 4.98 Å². The number of hydrogen-bond donors (Lipinski definition) is 3. The van der Waals surface area contributed by atoms with Crippen LogP contribution in [0.2, 0.25) is 20.1 Å². The van der Waals surface area contributed by atoms with Crippen molar-refractivity contribution in [3.05, 3.63) is 78.1 Å². The second-order valence-corrected chi connectivity index (χ2v) is 15.0. The number of aromatic nitrogens is 3. The van der Waals surface area contributed by atoms with E-state index in [9.17, 15) is 9.59 Å². The van der Waals surface area contributed by atoms with Crippen molar-refractivity contribution in [3.8, 4) is 0 Å². The van der Waals surface area contributed by atoms with E-state index in [0.29, 0.717) is 50.6 Å². The summed E-state index contributed by atoms with van der Waals surface area (Å²) in [5.41, 5.74) is 4.13. The van der Waals surface area contributed by atoms with Crippen molar-refractivity contribution < 1.29 is 4.79 Å². The maximum Gasteiger partial charge on any atom is 0.262 e. The van der Waals surface area contributed by atoms with Crippen LogP contribution in [0.4, 0.5) is 17.3 Å². The quantitative estimate of drug-likeness (QED) is 0.120. The Kier molecular flexibility index (Phi) is 12.5. The summed E-state index contributed by atoms with van der Waals surface area (Å²) >= 11 is 25.1. The molecule has 2 aromatic heterocycles. The topological polar surface area (TPSA) is 104 Å². The van der Waals surface area contributed by atoms with Gasteiger partial charge in [-0.25, -0.2) is 0 Å². The van der Waals surface area contributed by atoms with E-state index >= 15 is 0 Å². The standard InChI is InChI=1S/C36H44Cl4N8O2/c1-2-3-4-5-6-7-32(49)42-36-43-34-33(35(50)44-36)30(22-45-8-12-47(13-9-45)28-18-24(37)16-25(38)19-28)31(41-34)23-46-10-14-48(15-11-46)29-20-26(39)17-27(40)21-29/h16-21H,2-15,22-23H2,1H3,(H3,41,42,43,44,49,50). The molecular weight excluding hydrogens is 718 g/mol. The number of aromatic amines is 2. The summed E-state index contributed by atoms with van der Waals surface area (Å²) in [4.78, 5) is 46.7. The number of nitrogens with zero attached hydrogens (tertiary/aromatic N) is 5. The molecule has 0 bridgehead atoms. The van der Waals surface area contributed by atoms with Gasteiger partial charge in [0.1, 0.15) is 5.65 Å². The predicted octanol–water partition coefficient (Wildman–Crippen LogP) is 7.81. The molecule has 1 amide bonds. The van der Waals surface area contributed by atoms with Crippen LogP contribution in [0.15, 0.2) is 41.2 Å². The van der Waals surface area contributed by atoms with Crippen LogP contribution in [0.5, 0.6) is 0 Å². The Morgan fingerprint density at radius 1 is 0.720 bits per heavy atom. The molecule has 3 N–H and O–H groups in total. The van der Waals surface area contributed by atoms with Crippen LogP contribution >= 0.6 is 46.4 Å². The lowest BCUT2D eigenvalue weighted by Crippen LogP contribution is -2.47. The second-order valence-electron chi connectivity index (χ2n) is 13.2. The summed E-state index contributed by atoms with van der Waals surface area (Å²) in [5, 5.41) is 5.83. The monoisotopic (exact) mass is 760 g/mol. The lowest BCUT2D eigenvalue weighted by atomic mass is 10.1. The number of rotatable bonds is 13. The number of anilines is 3. The highest BCUT2D eigenvalue weighted by Gasteiger charge is 2.26. The Morgan fingerprint density at radius 3 is 1.78 bits per heavy atom. The van der Waals surface area contributed by atoms with Crippen molar-refractivity contribution in [2.24, 2.45) is 0 Å². The van der Waals surface area contributed by atoms with Crippen molar-refractivity contribution >= 4 is 80.7 Å². The molecule has 4 heterocycles. The number of halogens is 4. The van der Waals surface area contributed by atoms with E-state index in [-0.39, 0.29) is 17.4 Å². The molecule has 2 aliphatic rings. The zero-order valence-corrected chi connectivity index (χ0v) is 31.4. The van der Waals surface area contributed by atoms with Crippen LogP contribution in [0, 0.1) is 0 Å². The number of carbonyl (C=O) groups excluding carboxylic acids is 1. The first-order valence-corrected chi connectivity index (χ1v) is 19.0. The van der Waals surface area contributed by atoms with Gasteiger partial charge in [0.05, 0.1) is 5.39 Å². The predicted molar refractivity (Wildman–Crippen MR) is 207 cm³/mol. The minimum atomic E-state index is -0.263. The third-order valence-corrected chi connectivity index (χ3v) is 10.4. The highest BCUT2D eigenvalue weighted by molar-refractivity contribution is 6.35. The highest BCUT2D eigenvalue weighted by atomic mass is 35.5. The van der Waals surface area contributed by atoms with E-state index in [0.717, 1.165) is 101 Å². The van der Waals surface area contributed by atoms with Crippen LogP contribution in [0.1, 0.15) is 56.7 Å². The molecule has 0 atom stereocenters. The van der Waals surface area contributed by atoms with Crippen LogP contribution in [-0.2, 0) is 17.9 Å². The summed E-state index contributed by atoms with van der Waals surface area (Å²) in [6.07, 6.45) is 5.66. The van der Waals surface area contributed by atoms with Crippen molar-refractivity contribution in [2.75, 3.05) is 67.5 Å². The fraction of sp³-hybridized carbons (Fsp3) is 0.472. The maximum atomic E-state index is 13.7. The summed E-state index contributed by atoms with van der Waals surface area (Å²) in [6.45, 7) is 9.87. The Bertz CT molecular complexity index is 1810. The molecule has 10 nitrogen and oxygen atoms in total. The summed E-state index contributed by atoms with van der Waals surface area (Å²) < 4.78 is 0. The average molecular weight is 763 g/mol. The number of unbranched alkanes of at least 4 members (excludes halogenated alkanes) is 4. The first-order chi connectivity index (χ1) is 24.1. The van der Waals surface area contributed by atoms with E-state index in [1.807, 2.05) is 24.3 Å². The minimum absolute atomic E-state index is 0.145. The number of H-pyrrole nitrogens is 2. The molecule has 2 fully saturated rings. The molecule has 2 aromatic carbocycles. The summed E-state index contributed by atoms with van der Waals surface area (Å²) in [7, 11) is 0. The lowest BCUT2D eigenvalue weighted by Gasteiger charge is -2.37. The van der Waals surface area contributed by atoms with E-state index in [4.69, 9.17) is 51.4 Å². The number of piperazine rings is 2. The van der Waals surface area contributed by atoms with Crippen LogP contribution in [0.25, 0.3) is 11.0 Å². The molecule has 6 rings (SSSR count). The fourth-order valence-corrected chi connectivity index (χ4v) is 7.91. The molecule has 0 radical (unpaired) electrons. The van der Waals surface area contributed by atoms with Crippen LogP contribution in [-0.4, -0.2) is 83.0 Å². The molecular formula is C36H44Cl4N8O2. The van der Waals surface area contributed by atoms with Crippen molar-refractivity contribution in [1.82, 2.24) is 24.8 Å². The Labute approximate surface area is 313 Å². The number of amides is 1. The van der Waals surface area contributed by atoms with Gasteiger partial charge in [0.25, 0.3) is 5.56 Å². The van der Waals surface area contributed by atoms with Crippen LogP contribution < -0.4 is 20.7 Å². The highest BCUT2D eigenvalue weighted by Crippen LogP contribution is 2.29. The smallest absolute Gasteiger partial charge is 0.262 e. The molecule has 2 saturated heterocycles. The maximum absolute atomic E-state index is 13.7. The zero-order chi connectivity index (χ0) is 35.2. The van der Waals surface area contributed by atoms with Gasteiger partial charge in [0.2, 0.25) is 11.9 Å². The largest absolute Gasteiger partial charge is 0.369 e. The number of carbonyl (C=O) groups is 1. The SMILES string of the molecule is CCCCCCCC(=O)Nc1nc2[nH]c(CN3CCN(c4cc(Cl)cc(Cl)c4)CC3)c(CN3CCN(c4cc(Cl)cc(Cl)c4)CC3)c2c(=O)[nH]1. The molecule has 4 aromatic rings. The third-order valence-electron chi connectivity index (χ3n) is 9.55.